The molecule has 0 aromatic heterocycles. The van der Waals surface area contributed by atoms with Crippen LogP contribution in [0.15, 0.2) is 0 Å². The predicted octanol–water partition coefficient (Wildman–Crippen LogP) is 3.30. The molecule has 82 valence electrons. The quantitative estimate of drug-likeness (QED) is 0.665. The molecule has 1 heteroatoms. The Morgan fingerprint density at radius 1 is 1.07 bits per heavy atom. The first-order valence-corrected chi connectivity index (χ1v) is 6.29. The number of nitrogens with zero attached hydrogens (tertiary/aromatic N) is 1. The third-order valence-corrected chi connectivity index (χ3v) is 3.46. The van der Waals surface area contributed by atoms with Gasteiger partial charge < -0.3 is 0 Å². The van der Waals surface area contributed by atoms with Crippen molar-refractivity contribution in [1.82, 2.24) is 4.90 Å². The van der Waals surface area contributed by atoms with Crippen LogP contribution in [-0.4, -0.2) is 24.0 Å². The summed E-state index contributed by atoms with van der Waals surface area (Å²) in [6.45, 7) is 9.79. The maximum atomic E-state index is 2.78. The lowest BCUT2D eigenvalue weighted by Crippen LogP contribution is -2.45. The van der Waals surface area contributed by atoms with Crippen LogP contribution in [0.2, 0.25) is 0 Å². The van der Waals surface area contributed by atoms with E-state index in [-0.39, 0.29) is 0 Å². The zero-order chi connectivity index (χ0) is 10.2. The van der Waals surface area contributed by atoms with Crippen molar-refractivity contribution < 1.29 is 0 Å². The molecule has 2 fully saturated rings. The first kappa shape index (κ1) is 10.5. The normalized spacial score (nSPS) is 24.0. The lowest BCUT2D eigenvalue weighted by molar-refractivity contribution is 0.0835. The summed E-state index contributed by atoms with van der Waals surface area (Å²) >= 11 is 0. The van der Waals surface area contributed by atoms with Gasteiger partial charge in [0.15, 0.2) is 0 Å². The van der Waals surface area contributed by atoms with E-state index in [9.17, 15) is 0 Å². The van der Waals surface area contributed by atoms with Crippen molar-refractivity contribution in [3.63, 3.8) is 0 Å². The van der Waals surface area contributed by atoms with Crippen LogP contribution < -0.4 is 0 Å². The fourth-order valence-electron chi connectivity index (χ4n) is 2.34. The van der Waals surface area contributed by atoms with Gasteiger partial charge in [0, 0.05) is 19.1 Å². The van der Waals surface area contributed by atoms with Gasteiger partial charge in [-0.2, -0.15) is 0 Å². The highest BCUT2D eigenvalue weighted by atomic mass is 15.2. The average molecular weight is 195 g/mol. The SMILES string of the molecule is CC(C)(C)CN(CC1CC1)C1CCC1. The number of rotatable bonds is 4. The molecule has 0 spiro atoms. The Morgan fingerprint density at radius 2 is 1.71 bits per heavy atom. The minimum atomic E-state index is 0.477. The van der Waals surface area contributed by atoms with Gasteiger partial charge in [-0.15, -0.1) is 0 Å². The first-order chi connectivity index (χ1) is 6.54. The van der Waals surface area contributed by atoms with Gasteiger partial charge in [0.1, 0.15) is 0 Å². The predicted molar refractivity (Wildman–Crippen MR) is 61.4 cm³/mol. The molecule has 1 nitrogen and oxygen atoms in total. The minimum Gasteiger partial charge on any atom is -0.300 e. The van der Waals surface area contributed by atoms with Crippen molar-refractivity contribution in [3.05, 3.63) is 0 Å². The Balaban J connectivity index is 1.83. The molecule has 0 radical (unpaired) electrons. The first-order valence-electron chi connectivity index (χ1n) is 6.29. The van der Waals surface area contributed by atoms with Crippen LogP contribution in [0.5, 0.6) is 0 Å². The Labute approximate surface area is 88.9 Å². The van der Waals surface area contributed by atoms with Crippen molar-refractivity contribution in [2.24, 2.45) is 11.3 Å². The van der Waals surface area contributed by atoms with Gasteiger partial charge in [0.2, 0.25) is 0 Å². The zero-order valence-electron chi connectivity index (χ0n) is 10.1. The van der Waals surface area contributed by atoms with Gasteiger partial charge >= 0.3 is 0 Å². The molecule has 0 N–H and O–H groups in total. The molecule has 0 atom stereocenters. The topological polar surface area (TPSA) is 3.24 Å². The second-order valence-electron chi connectivity index (χ2n) is 6.52. The van der Waals surface area contributed by atoms with E-state index in [4.69, 9.17) is 0 Å². The van der Waals surface area contributed by atoms with Gasteiger partial charge in [-0.25, -0.2) is 0 Å². The molecule has 0 heterocycles. The highest BCUT2D eigenvalue weighted by Crippen LogP contribution is 2.35. The Kier molecular flexibility index (Phi) is 2.88. The van der Waals surface area contributed by atoms with Crippen molar-refractivity contribution in [1.29, 1.82) is 0 Å². The summed E-state index contributed by atoms with van der Waals surface area (Å²) in [7, 11) is 0. The molecule has 0 aromatic carbocycles. The van der Waals surface area contributed by atoms with Crippen molar-refractivity contribution in [2.75, 3.05) is 13.1 Å². The summed E-state index contributed by atoms with van der Waals surface area (Å²) in [5, 5.41) is 0. The van der Waals surface area contributed by atoms with Crippen LogP contribution in [0.4, 0.5) is 0 Å². The van der Waals surface area contributed by atoms with Gasteiger partial charge in [-0.1, -0.05) is 27.2 Å². The molecule has 0 aliphatic heterocycles. The summed E-state index contributed by atoms with van der Waals surface area (Å²) in [6, 6.07) is 0.940. The maximum absolute atomic E-state index is 2.78. The zero-order valence-corrected chi connectivity index (χ0v) is 10.1. The van der Waals surface area contributed by atoms with E-state index >= 15 is 0 Å². The van der Waals surface area contributed by atoms with Crippen LogP contribution >= 0.6 is 0 Å². The van der Waals surface area contributed by atoms with E-state index in [2.05, 4.69) is 25.7 Å². The van der Waals surface area contributed by atoms with E-state index in [0.717, 1.165) is 12.0 Å². The summed E-state index contributed by atoms with van der Waals surface area (Å²) in [6.07, 6.45) is 7.38. The highest BCUT2D eigenvalue weighted by molar-refractivity contribution is 4.87. The summed E-state index contributed by atoms with van der Waals surface area (Å²) < 4.78 is 0. The molecule has 0 bridgehead atoms. The largest absolute Gasteiger partial charge is 0.300 e. The molecule has 2 rings (SSSR count). The van der Waals surface area contributed by atoms with Crippen LogP contribution in [0.1, 0.15) is 52.9 Å². The van der Waals surface area contributed by atoms with Gasteiger partial charge in [-0.05, 0) is 37.0 Å². The lowest BCUT2D eigenvalue weighted by Gasteiger charge is -2.41. The summed E-state index contributed by atoms with van der Waals surface area (Å²) in [4.78, 5) is 2.78. The van der Waals surface area contributed by atoms with Crippen LogP contribution in [0.25, 0.3) is 0 Å². The molecular weight excluding hydrogens is 170 g/mol. The molecule has 2 aliphatic carbocycles. The Bertz CT molecular complexity index is 184. The molecule has 0 saturated heterocycles. The van der Waals surface area contributed by atoms with E-state index in [1.165, 1.54) is 45.2 Å². The van der Waals surface area contributed by atoms with Crippen molar-refractivity contribution in [3.8, 4) is 0 Å². The molecule has 0 amide bonds. The molecular formula is C13H25N. The molecule has 2 saturated carbocycles. The molecule has 0 aromatic rings. The summed E-state index contributed by atoms with van der Waals surface area (Å²) in [5.41, 5.74) is 0.477. The monoisotopic (exact) mass is 195 g/mol. The van der Waals surface area contributed by atoms with E-state index < -0.39 is 0 Å². The van der Waals surface area contributed by atoms with Crippen LogP contribution in [-0.2, 0) is 0 Å². The standard InChI is InChI=1S/C13H25N/c1-13(2,3)10-14(9-11-7-8-11)12-5-4-6-12/h11-12H,4-10H2,1-3H3. The van der Waals surface area contributed by atoms with Gasteiger partial charge in [-0.3, -0.25) is 4.90 Å². The van der Waals surface area contributed by atoms with E-state index in [1.54, 1.807) is 0 Å². The Morgan fingerprint density at radius 3 is 2.07 bits per heavy atom. The van der Waals surface area contributed by atoms with Gasteiger partial charge in [0.25, 0.3) is 0 Å². The maximum Gasteiger partial charge on any atom is 0.00956 e. The Hall–Kier alpha value is -0.0400. The second-order valence-corrected chi connectivity index (χ2v) is 6.52. The second kappa shape index (κ2) is 3.84. The highest BCUT2D eigenvalue weighted by Gasteiger charge is 2.32. The van der Waals surface area contributed by atoms with Crippen LogP contribution in [0.3, 0.4) is 0 Å². The van der Waals surface area contributed by atoms with Crippen molar-refractivity contribution >= 4 is 0 Å². The van der Waals surface area contributed by atoms with Crippen LogP contribution in [0, 0.1) is 11.3 Å². The molecule has 14 heavy (non-hydrogen) atoms. The van der Waals surface area contributed by atoms with E-state index in [0.29, 0.717) is 5.41 Å². The van der Waals surface area contributed by atoms with Gasteiger partial charge in [0.05, 0.1) is 0 Å². The fourth-order valence-corrected chi connectivity index (χ4v) is 2.34. The smallest absolute Gasteiger partial charge is 0.00956 e. The average Bonchev–Trinajstić information content (AvgIpc) is 2.62. The molecule has 2 aliphatic rings. The van der Waals surface area contributed by atoms with E-state index in [1.807, 2.05) is 0 Å². The fraction of sp³-hybridized carbons (Fsp3) is 1.00. The molecule has 0 unspecified atom stereocenters. The number of hydrogen-bond acceptors (Lipinski definition) is 1. The number of hydrogen-bond donors (Lipinski definition) is 0. The third kappa shape index (κ3) is 2.98. The summed E-state index contributed by atoms with van der Waals surface area (Å²) in [5.74, 6) is 1.05. The minimum absolute atomic E-state index is 0.477. The lowest BCUT2D eigenvalue weighted by atomic mass is 9.88. The third-order valence-electron chi connectivity index (χ3n) is 3.46. The van der Waals surface area contributed by atoms with Crippen molar-refractivity contribution in [2.45, 2.75) is 58.9 Å².